The lowest BCUT2D eigenvalue weighted by atomic mass is 9.96. The van der Waals surface area contributed by atoms with E-state index in [1.54, 1.807) is 19.1 Å². The van der Waals surface area contributed by atoms with Gasteiger partial charge in [-0.1, -0.05) is 17.3 Å². The maximum Gasteiger partial charge on any atom is 0.227 e. The molecule has 7 heteroatoms. The Kier molecular flexibility index (Phi) is 5.98. The summed E-state index contributed by atoms with van der Waals surface area (Å²) in [5.41, 5.74) is 1.14. The summed E-state index contributed by atoms with van der Waals surface area (Å²) in [5, 5.41) is 7.09. The first kappa shape index (κ1) is 18.5. The Morgan fingerprint density at radius 2 is 2.15 bits per heavy atom. The van der Waals surface area contributed by atoms with E-state index in [4.69, 9.17) is 4.52 Å². The standard InChI is InChI=1S/C19H25FN4O2/c1-13-3-4-15(11-16(13)20)19-22-17(26-23-19)5-6-18(25)24-9-7-14(8-10-24)12-21-2/h3-4,11,14,21H,5-10,12H2,1-2H3. The van der Waals surface area contributed by atoms with Crippen molar-refractivity contribution < 1.29 is 13.7 Å². The zero-order valence-electron chi connectivity index (χ0n) is 15.3. The molecular weight excluding hydrogens is 335 g/mol. The van der Waals surface area contributed by atoms with Gasteiger partial charge in [0.05, 0.1) is 0 Å². The Labute approximate surface area is 152 Å². The van der Waals surface area contributed by atoms with Crippen LogP contribution in [0.4, 0.5) is 4.39 Å². The third-order valence-electron chi connectivity index (χ3n) is 4.91. The van der Waals surface area contributed by atoms with Crippen molar-refractivity contribution >= 4 is 5.91 Å². The minimum atomic E-state index is -0.300. The van der Waals surface area contributed by atoms with Crippen LogP contribution < -0.4 is 5.32 Å². The molecule has 1 aromatic heterocycles. The number of hydrogen-bond donors (Lipinski definition) is 1. The van der Waals surface area contributed by atoms with Crippen molar-refractivity contribution in [1.29, 1.82) is 0 Å². The molecule has 0 unspecified atom stereocenters. The SMILES string of the molecule is CNCC1CCN(C(=O)CCc2nc(-c3ccc(C)c(F)c3)no2)CC1. The molecule has 0 spiro atoms. The van der Waals surface area contributed by atoms with Crippen LogP contribution in [0.1, 0.15) is 30.7 Å². The highest BCUT2D eigenvalue weighted by molar-refractivity contribution is 5.76. The zero-order chi connectivity index (χ0) is 18.5. The van der Waals surface area contributed by atoms with Crippen molar-refractivity contribution in [1.82, 2.24) is 20.4 Å². The highest BCUT2D eigenvalue weighted by Crippen LogP contribution is 2.20. The zero-order valence-corrected chi connectivity index (χ0v) is 15.3. The minimum absolute atomic E-state index is 0.119. The van der Waals surface area contributed by atoms with E-state index in [2.05, 4.69) is 15.5 Å². The Morgan fingerprint density at radius 3 is 2.85 bits per heavy atom. The van der Waals surface area contributed by atoms with E-state index < -0.39 is 0 Å². The van der Waals surface area contributed by atoms with Crippen molar-refractivity contribution in [3.8, 4) is 11.4 Å². The number of halogens is 1. The molecule has 2 aromatic rings. The lowest BCUT2D eigenvalue weighted by molar-refractivity contribution is -0.132. The summed E-state index contributed by atoms with van der Waals surface area (Å²) in [6.07, 6.45) is 2.82. The fourth-order valence-corrected chi connectivity index (χ4v) is 3.25. The van der Waals surface area contributed by atoms with Crippen LogP contribution in [0.5, 0.6) is 0 Å². The monoisotopic (exact) mass is 360 g/mol. The number of hydrogen-bond acceptors (Lipinski definition) is 5. The number of piperidine rings is 1. The number of aromatic nitrogens is 2. The molecule has 0 radical (unpaired) electrons. The number of benzene rings is 1. The predicted octanol–water partition coefficient (Wildman–Crippen LogP) is 2.57. The summed E-state index contributed by atoms with van der Waals surface area (Å²) in [6.45, 7) is 4.33. The highest BCUT2D eigenvalue weighted by Gasteiger charge is 2.22. The van der Waals surface area contributed by atoms with Gasteiger partial charge in [0.2, 0.25) is 17.6 Å². The van der Waals surface area contributed by atoms with Crippen LogP contribution in [0.3, 0.4) is 0 Å². The Morgan fingerprint density at radius 1 is 1.38 bits per heavy atom. The number of carbonyl (C=O) groups excluding carboxylic acids is 1. The van der Waals surface area contributed by atoms with Crippen LogP contribution in [0.15, 0.2) is 22.7 Å². The van der Waals surface area contributed by atoms with Crippen LogP contribution in [0.2, 0.25) is 0 Å². The maximum atomic E-state index is 13.7. The number of aryl methyl sites for hydroxylation is 2. The van der Waals surface area contributed by atoms with Crippen molar-refractivity contribution in [2.45, 2.75) is 32.6 Å². The predicted molar refractivity (Wildman–Crippen MR) is 96.0 cm³/mol. The van der Waals surface area contributed by atoms with Gasteiger partial charge in [-0.15, -0.1) is 0 Å². The molecule has 6 nitrogen and oxygen atoms in total. The number of rotatable bonds is 6. The second kappa shape index (κ2) is 8.40. The summed E-state index contributed by atoms with van der Waals surface area (Å²) >= 11 is 0. The number of nitrogens with one attached hydrogen (secondary N) is 1. The summed E-state index contributed by atoms with van der Waals surface area (Å²) in [4.78, 5) is 18.6. The van der Waals surface area contributed by atoms with Gasteiger partial charge in [0, 0.05) is 31.5 Å². The van der Waals surface area contributed by atoms with Crippen LogP contribution >= 0.6 is 0 Å². The molecule has 1 aliphatic rings. The molecule has 0 aliphatic carbocycles. The minimum Gasteiger partial charge on any atom is -0.343 e. The normalized spacial score (nSPS) is 15.4. The quantitative estimate of drug-likeness (QED) is 0.857. The van der Waals surface area contributed by atoms with E-state index in [1.807, 2.05) is 11.9 Å². The van der Waals surface area contributed by atoms with Gasteiger partial charge in [-0.25, -0.2) is 4.39 Å². The van der Waals surface area contributed by atoms with Crippen LogP contribution in [-0.4, -0.2) is 47.6 Å². The van der Waals surface area contributed by atoms with E-state index in [0.29, 0.717) is 41.6 Å². The van der Waals surface area contributed by atoms with Crippen LogP contribution in [0, 0.1) is 18.7 Å². The molecule has 1 aliphatic heterocycles. The summed E-state index contributed by atoms with van der Waals surface area (Å²) in [5.74, 6) is 1.22. The number of nitrogens with zero attached hydrogens (tertiary/aromatic N) is 3. The van der Waals surface area contributed by atoms with E-state index >= 15 is 0 Å². The van der Waals surface area contributed by atoms with Crippen molar-refractivity contribution in [2.24, 2.45) is 5.92 Å². The van der Waals surface area contributed by atoms with E-state index in [9.17, 15) is 9.18 Å². The highest BCUT2D eigenvalue weighted by atomic mass is 19.1. The van der Waals surface area contributed by atoms with E-state index in [-0.39, 0.29) is 11.7 Å². The maximum absolute atomic E-state index is 13.7. The average molecular weight is 360 g/mol. The second-order valence-corrected chi connectivity index (χ2v) is 6.86. The molecule has 1 amide bonds. The lowest BCUT2D eigenvalue weighted by Gasteiger charge is -2.31. The van der Waals surface area contributed by atoms with Crippen LogP contribution in [-0.2, 0) is 11.2 Å². The lowest BCUT2D eigenvalue weighted by Crippen LogP contribution is -2.40. The molecule has 3 rings (SSSR count). The third-order valence-corrected chi connectivity index (χ3v) is 4.91. The third kappa shape index (κ3) is 4.46. The first-order valence-corrected chi connectivity index (χ1v) is 9.08. The number of carbonyl (C=O) groups is 1. The molecule has 1 fully saturated rings. The van der Waals surface area contributed by atoms with Gasteiger partial charge >= 0.3 is 0 Å². The molecule has 1 aromatic carbocycles. The van der Waals surface area contributed by atoms with Gasteiger partial charge in [0.1, 0.15) is 5.82 Å². The molecule has 0 bridgehead atoms. The topological polar surface area (TPSA) is 71.3 Å². The average Bonchev–Trinajstić information content (AvgIpc) is 3.12. The van der Waals surface area contributed by atoms with Crippen molar-refractivity contribution in [3.63, 3.8) is 0 Å². The van der Waals surface area contributed by atoms with Gasteiger partial charge < -0.3 is 14.7 Å². The molecule has 0 saturated carbocycles. The van der Waals surface area contributed by atoms with Crippen molar-refractivity contribution in [3.05, 3.63) is 35.5 Å². The Balaban J connectivity index is 1.52. The molecular formula is C19H25FN4O2. The van der Waals surface area contributed by atoms with Gasteiger partial charge in [0.25, 0.3) is 0 Å². The summed E-state index contributed by atoms with van der Waals surface area (Å²) < 4.78 is 18.9. The Bertz CT molecular complexity index is 754. The van der Waals surface area contributed by atoms with Gasteiger partial charge in [-0.3, -0.25) is 4.79 Å². The van der Waals surface area contributed by atoms with E-state index in [1.165, 1.54) is 6.07 Å². The van der Waals surface area contributed by atoms with Gasteiger partial charge in [-0.2, -0.15) is 4.98 Å². The molecule has 26 heavy (non-hydrogen) atoms. The second-order valence-electron chi connectivity index (χ2n) is 6.86. The number of amides is 1. The largest absolute Gasteiger partial charge is 0.343 e. The molecule has 1 N–H and O–H groups in total. The molecule has 140 valence electrons. The summed E-state index contributed by atoms with van der Waals surface area (Å²) in [7, 11) is 1.96. The first-order chi connectivity index (χ1) is 12.6. The van der Waals surface area contributed by atoms with Crippen molar-refractivity contribution in [2.75, 3.05) is 26.7 Å². The smallest absolute Gasteiger partial charge is 0.227 e. The summed E-state index contributed by atoms with van der Waals surface area (Å²) in [6, 6.07) is 4.83. The fourth-order valence-electron chi connectivity index (χ4n) is 3.25. The van der Waals surface area contributed by atoms with Gasteiger partial charge in [-0.05, 0) is 50.9 Å². The number of likely N-dealkylation sites (tertiary alicyclic amines) is 1. The molecule has 1 saturated heterocycles. The Hall–Kier alpha value is -2.28. The van der Waals surface area contributed by atoms with Gasteiger partial charge in [0.15, 0.2) is 0 Å². The fraction of sp³-hybridized carbons (Fsp3) is 0.526. The molecule has 0 atom stereocenters. The molecule has 2 heterocycles. The van der Waals surface area contributed by atoms with Crippen LogP contribution in [0.25, 0.3) is 11.4 Å². The van der Waals surface area contributed by atoms with E-state index in [0.717, 1.165) is 32.5 Å². The first-order valence-electron chi connectivity index (χ1n) is 9.08.